The molecule has 3 fully saturated rings. The normalized spacial score (nSPS) is 45.8. The third-order valence-corrected chi connectivity index (χ3v) is 3.38. The van der Waals surface area contributed by atoms with E-state index in [9.17, 15) is 14.9 Å². The molecule has 3 heterocycles. The second-order valence-corrected chi connectivity index (χ2v) is 4.43. The molecule has 3 aliphatic rings. The first-order valence-electron chi connectivity index (χ1n) is 5.29. The first-order chi connectivity index (χ1) is 8.05. The molecule has 1 N–H and O–H groups in total. The first kappa shape index (κ1) is 10.4. The molecule has 0 radical (unpaired) electrons. The van der Waals surface area contributed by atoms with Crippen molar-refractivity contribution in [1.82, 2.24) is 5.32 Å². The zero-order chi connectivity index (χ0) is 12.2. The van der Waals surface area contributed by atoms with E-state index in [1.54, 1.807) is 0 Å². The fourth-order valence-electron chi connectivity index (χ4n) is 2.81. The summed E-state index contributed by atoms with van der Waals surface area (Å²) in [6, 6.07) is 1.73. The van der Waals surface area contributed by atoms with Gasteiger partial charge in [0.25, 0.3) is 0 Å². The van der Waals surface area contributed by atoms with Crippen LogP contribution in [0.15, 0.2) is 0 Å². The maximum Gasteiger partial charge on any atom is 0.408 e. The van der Waals surface area contributed by atoms with Gasteiger partial charge in [-0.05, 0) is 0 Å². The van der Waals surface area contributed by atoms with E-state index in [4.69, 9.17) is 14.2 Å². The summed E-state index contributed by atoms with van der Waals surface area (Å²) < 4.78 is 15.7. The largest absolute Gasteiger partial charge is 0.441 e. The third kappa shape index (κ3) is 1.24. The van der Waals surface area contributed by atoms with Crippen LogP contribution in [-0.2, 0) is 19.0 Å². The molecule has 90 valence electrons. The van der Waals surface area contributed by atoms with Gasteiger partial charge in [0.15, 0.2) is 12.2 Å². The van der Waals surface area contributed by atoms with E-state index in [0.717, 1.165) is 0 Å². The van der Waals surface area contributed by atoms with Crippen LogP contribution in [0.3, 0.4) is 0 Å². The molecule has 7 nitrogen and oxygen atoms in total. The van der Waals surface area contributed by atoms with Gasteiger partial charge >= 0.3 is 12.1 Å². The number of hydrogen-bond acceptors (Lipinski definition) is 6. The Morgan fingerprint density at radius 3 is 3.12 bits per heavy atom. The predicted molar refractivity (Wildman–Crippen MR) is 50.6 cm³/mol. The van der Waals surface area contributed by atoms with Crippen molar-refractivity contribution in [1.29, 1.82) is 5.26 Å². The maximum absolute atomic E-state index is 11.1. The van der Waals surface area contributed by atoms with Gasteiger partial charge in [-0.15, -0.1) is 0 Å². The quantitative estimate of drug-likeness (QED) is 0.616. The molecule has 0 aromatic heterocycles. The van der Waals surface area contributed by atoms with Crippen LogP contribution >= 0.6 is 0 Å². The van der Waals surface area contributed by atoms with E-state index in [1.807, 2.05) is 6.07 Å². The molecule has 0 aliphatic carbocycles. The lowest BCUT2D eigenvalue weighted by molar-refractivity contribution is -0.159. The van der Waals surface area contributed by atoms with Gasteiger partial charge in [-0.3, -0.25) is 4.79 Å². The predicted octanol–water partition coefficient (Wildman–Crippen LogP) is -0.540. The van der Waals surface area contributed by atoms with Gasteiger partial charge in [0.05, 0.1) is 12.1 Å². The first-order valence-corrected chi connectivity index (χ1v) is 5.29. The highest BCUT2D eigenvalue weighted by atomic mass is 16.6. The summed E-state index contributed by atoms with van der Waals surface area (Å²) in [5, 5.41) is 11.8. The third-order valence-electron chi connectivity index (χ3n) is 3.38. The Balaban J connectivity index is 1.90. The highest BCUT2D eigenvalue weighted by Crippen LogP contribution is 2.46. The molecule has 3 saturated heterocycles. The van der Waals surface area contributed by atoms with Gasteiger partial charge in [-0.1, -0.05) is 0 Å². The van der Waals surface area contributed by atoms with Crippen molar-refractivity contribution in [3.63, 3.8) is 0 Å². The number of fused-ring (bicyclic) bond motifs is 5. The summed E-state index contributed by atoms with van der Waals surface area (Å²) in [7, 11) is 0. The van der Waals surface area contributed by atoms with E-state index in [1.165, 1.54) is 6.92 Å². The molecular formula is C10H10N2O5. The molecular weight excluding hydrogens is 228 g/mol. The number of alkyl carbamates (subject to hydrolysis) is 1. The zero-order valence-corrected chi connectivity index (χ0v) is 9.00. The van der Waals surface area contributed by atoms with E-state index in [0.29, 0.717) is 0 Å². The number of ether oxygens (including phenoxy) is 3. The number of rotatable bonds is 1. The molecule has 7 heteroatoms. The summed E-state index contributed by atoms with van der Waals surface area (Å²) >= 11 is 0. The summed E-state index contributed by atoms with van der Waals surface area (Å²) in [5.41, 5.74) is -1.33. The van der Waals surface area contributed by atoms with Crippen LogP contribution in [0.5, 0.6) is 0 Å². The lowest BCUT2D eigenvalue weighted by Gasteiger charge is -2.31. The topological polar surface area (TPSA) is 97.7 Å². The van der Waals surface area contributed by atoms with Crippen molar-refractivity contribution in [3.05, 3.63) is 0 Å². The van der Waals surface area contributed by atoms with Crippen molar-refractivity contribution in [2.24, 2.45) is 0 Å². The Bertz CT molecular complexity index is 444. The second-order valence-electron chi connectivity index (χ2n) is 4.43. The molecule has 3 aliphatic heterocycles. The van der Waals surface area contributed by atoms with Crippen LogP contribution in [-0.4, -0.2) is 42.0 Å². The van der Waals surface area contributed by atoms with Crippen molar-refractivity contribution < 1.29 is 23.8 Å². The summed E-state index contributed by atoms with van der Waals surface area (Å²) in [6.07, 6.45) is -1.85. The SMILES string of the molecule is CC(=O)O[C@@]1(C#N)C[C@@H]2O[C@H]1[C@H]1OC(=O)N[C@H]12. The monoisotopic (exact) mass is 238 g/mol. The van der Waals surface area contributed by atoms with Gasteiger partial charge in [-0.2, -0.15) is 5.26 Å². The Hall–Kier alpha value is -1.81. The number of nitrogens with zero attached hydrogens (tertiary/aromatic N) is 1. The molecule has 0 aromatic rings. The van der Waals surface area contributed by atoms with Crippen molar-refractivity contribution in [2.45, 2.75) is 43.3 Å². The number of hydrogen-bond donors (Lipinski definition) is 1. The van der Waals surface area contributed by atoms with E-state index >= 15 is 0 Å². The minimum Gasteiger partial charge on any atom is -0.441 e. The summed E-state index contributed by atoms with van der Waals surface area (Å²) in [6.45, 7) is 1.24. The Morgan fingerprint density at radius 2 is 2.47 bits per heavy atom. The molecule has 3 rings (SSSR count). The zero-order valence-electron chi connectivity index (χ0n) is 9.00. The minimum atomic E-state index is -1.33. The molecule has 0 saturated carbocycles. The van der Waals surface area contributed by atoms with E-state index in [2.05, 4.69) is 5.32 Å². The number of amides is 1. The van der Waals surface area contributed by atoms with Gasteiger partial charge in [0.2, 0.25) is 5.60 Å². The molecule has 2 bridgehead atoms. The highest BCUT2D eigenvalue weighted by Gasteiger charge is 2.68. The molecule has 1 amide bonds. The average molecular weight is 238 g/mol. The van der Waals surface area contributed by atoms with Crippen LogP contribution in [0.4, 0.5) is 4.79 Å². The molecule has 17 heavy (non-hydrogen) atoms. The lowest BCUT2D eigenvalue weighted by atomic mass is 9.81. The molecule has 0 aromatic carbocycles. The summed E-state index contributed by atoms with van der Waals surface area (Å²) in [5.74, 6) is -0.545. The smallest absolute Gasteiger partial charge is 0.408 e. The fraction of sp³-hybridized carbons (Fsp3) is 0.700. The van der Waals surface area contributed by atoms with Gasteiger partial charge in [-0.25, -0.2) is 4.79 Å². The van der Waals surface area contributed by atoms with Crippen molar-refractivity contribution in [3.8, 4) is 6.07 Å². The average Bonchev–Trinajstić information content (AvgIpc) is 2.86. The van der Waals surface area contributed by atoms with Crippen LogP contribution < -0.4 is 5.32 Å². The minimum absolute atomic E-state index is 0.246. The van der Waals surface area contributed by atoms with Gasteiger partial charge < -0.3 is 19.5 Å². The van der Waals surface area contributed by atoms with Crippen LogP contribution in [0.1, 0.15) is 13.3 Å². The second kappa shape index (κ2) is 3.11. The Labute approximate surface area is 96.6 Å². The number of carbonyl (C=O) groups excluding carboxylic acids is 2. The van der Waals surface area contributed by atoms with Crippen LogP contribution in [0.25, 0.3) is 0 Å². The standard InChI is InChI=1S/C10H10N2O5/c1-4(13)17-10(3-11)2-5-6-7(8(10)15-5)16-9(14)12-6/h5-8H,2H2,1H3,(H,12,14)/t5-,6-,7-,8-,10+/m0/s1. The summed E-state index contributed by atoms with van der Waals surface area (Å²) in [4.78, 5) is 22.2. The maximum atomic E-state index is 11.1. The van der Waals surface area contributed by atoms with Crippen LogP contribution in [0, 0.1) is 11.3 Å². The molecule has 5 atom stereocenters. The Kier molecular flexibility index (Phi) is 1.89. The molecule has 0 spiro atoms. The number of esters is 1. The Morgan fingerprint density at radius 1 is 1.71 bits per heavy atom. The van der Waals surface area contributed by atoms with E-state index in [-0.39, 0.29) is 18.6 Å². The lowest BCUT2D eigenvalue weighted by Crippen LogP contribution is -2.54. The van der Waals surface area contributed by atoms with Crippen molar-refractivity contribution >= 4 is 12.1 Å². The van der Waals surface area contributed by atoms with Crippen LogP contribution in [0.2, 0.25) is 0 Å². The fourth-order valence-corrected chi connectivity index (χ4v) is 2.81. The van der Waals surface area contributed by atoms with Crippen molar-refractivity contribution in [2.75, 3.05) is 0 Å². The number of nitriles is 1. The molecule has 0 unspecified atom stereocenters. The van der Waals surface area contributed by atoms with Gasteiger partial charge in [0, 0.05) is 13.3 Å². The number of nitrogens with one attached hydrogen (secondary N) is 1. The van der Waals surface area contributed by atoms with E-state index < -0.39 is 29.9 Å². The number of carbonyl (C=O) groups is 2. The highest BCUT2D eigenvalue weighted by molar-refractivity contribution is 5.71. The van der Waals surface area contributed by atoms with Gasteiger partial charge in [0.1, 0.15) is 6.07 Å².